The Morgan fingerprint density at radius 3 is 2.44 bits per heavy atom. The molecule has 8 heteroatoms. The second kappa shape index (κ2) is 9.41. The van der Waals surface area contributed by atoms with Gasteiger partial charge in [-0.2, -0.15) is 8.42 Å². The molecule has 3 N–H and O–H groups in total. The van der Waals surface area contributed by atoms with Crippen molar-refractivity contribution in [3.63, 3.8) is 0 Å². The summed E-state index contributed by atoms with van der Waals surface area (Å²) in [5.74, 6) is 3.89. The molecule has 1 aliphatic heterocycles. The molecule has 0 spiro atoms. The molecule has 0 aromatic rings. The molecule has 0 radical (unpaired) electrons. The minimum Gasteiger partial charge on any atom is -0.393 e. The number of carbonyl (C=O) groups excluding carboxylic acids is 1. The van der Waals surface area contributed by atoms with E-state index in [0.717, 1.165) is 37.0 Å². The van der Waals surface area contributed by atoms with Crippen molar-refractivity contribution in [3.05, 3.63) is 0 Å². The molecule has 1 amide bonds. The van der Waals surface area contributed by atoms with Crippen LogP contribution in [-0.2, 0) is 14.9 Å². The number of fused-ring (bicyclic) bond motifs is 5. The van der Waals surface area contributed by atoms with Crippen LogP contribution in [0.2, 0.25) is 0 Å². The van der Waals surface area contributed by atoms with Crippen LogP contribution in [0.4, 0.5) is 0 Å². The lowest BCUT2D eigenvalue weighted by Gasteiger charge is -2.61. The summed E-state index contributed by atoms with van der Waals surface area (Å²) in [6.07, 6.45) is 12.1. The van der Waals surface area contributed by atoms with E-state index < -0.39 is 15.9 Å². The first kappa shape index (κ1) is 27.3. The first-order chi connectivity index (χ1) is 16.8. The Kier molecular flexibility index (Phi) is 7.13. The van der Waals surface area contributed by atoms with Crippen molar-refractivity contribution in [2.75, 3.05) is 12.3 Å². The normalized spacial score (nSPS) is 48.9. The summed E-state index contributed by atoms with van der Waals surface area (Å²) in [5, 5.41) is 12.9. The number of aliphatic hydroxyl groups excluding tert-OH is 1. The molecule has 1 heterocycles. The molecule has 11 atom stereocenters. The van der Waals surface area contributed by atoms with Crippen molar-refractivity contribution < 1.29 is 22.9 Å². The van der Waals surface area contributed by atoms with Gasteiger partial charge in [0.05, 0.1) is 17.1 Å². The Morgan fingerprint density at radius 1 is 1.03 bits per heavy atom. The van der Waals surface area contributed by atoms with Gasteiger partial charge in [0.1, 0.15) is 0 Å². The van der Waals surface area contributed by atoms with Crippen molar-refractivity contribution in [2.45, 2.75) is 108 Å². The summed E-state index contributed by atoms with van der Waals surface area (Å²) >= 11 is 1.71. The second-order valence-corrected chi connectivity index (χ2v) is 17.1. The third kappa shape index (κ3) is 4.79. The number of amides is 1. The molecule has 5 rings (SSSR count). The van der Waals surface area contributed by atoms with Gasteiger partial charge < -0.3 is 10.4 Å². The van der Waals surface area contributed by atoms with Crippen molar-refractivity contribution in [3.8, 4) is 0 Å². The van der Waals surface area contributed by atoms with E-state index in [2.05, 4.69) is 33.0 Å². The summed E-state index contributed by atoms with van der Waals surface area (Å²) in [6, 6.07) is 0. The standard InChI is InChI=1S/C28H47NO5S2/c1-17(16-28(4)24(35-28)25(31)29-13-14-36(32,33)34)21-7-8-22-20-6-5-18-15-19(30)9-11-26(18,2)23(20)10-12-27(21,22)3/h17-24,30H,5-16H2,1-4H3,(H,29,31)(H,32,33,34). The van der Waals surface area contributed by atoms with Crippen LogP contribution in [0, 0.1) is 46.3 Å². The molecular formula is C28H47NO5S2. The number of thioether (sulfide) groups is 1. The minimum absolute atomic E-state index is 0.0377. The van der Waals surface area contributed by atoms with Gasteiger partial charge in [-0.3, -0.25) is 9.35 Å². The highest BCUT2D eigenvalue weighted by Crippen LogP contribution is 2.69. The van der Waals surface area contributed by atoms with Gasteiger partial charge in [-0.25, -0.2) is 0 Å². The van der Waals surface area contributed by atoms with Gasteiger partial charge in [-0.1, -0.05) is 20.8 Å². The highest BCUT2D eigenvalue weighted by Gasteiger charge is 2.62. The van der Waals surface area contributed by atoms with Gasteiger partial charge in [-0.05, 0) is 117 Å². The van der Waals surface area contributed by atoms with Gasteiger partial charge in [-0.15, -0.1) is 11.8 Å². The van der Waals surface area contributed by atoms with Crippen LogP contribution in [0.15, 0.2) is 0 Å². The molecule has 1 saturated heterocycles. The Morgan fingerprint density at radius 2 is 1.72 bits per heavy atom. The molecule has 4 saturated carbocycles. The first-order valence-electron chi connectivity index (χ1n) is 14.4. The highest BCUT2D eigenvalue weighted by atomic mass is 32.2. The number of aliphatic hydroxyl groups is 1. The molecule has 6 nitrogen and oxygen atoms in total. The largest absolute Gasteiger partial charge is 0.393 e. The Labute approximate surface area is 222 Å². The van der Waals surface area contributed by atoms with Crippen LogP contribution in [0.25, 0.3) is 0 Å². The number of carbonyl (C=O) groups is 1. The van der Waals surface area contributed by atoms with E-state index in [-0.39, 0.29) is 28.6 Å². The molecule has 0 bridgehead atoms. The molecular weight excluding hydrogens is 494 g/mol. The Hall–Kier alpha value is -0.310. The SMILES string of the molecule is CC(CC1(C)SC1C(=O)NCCS(=O)(=O)O)C1CCC2C3CCC4CC(O)CCC4(C)C3CCC12C. The quantitative estimate of drug-likeness (QED) is 0.313. The van der Waals surface area contributed by atoms with Crippen LogP contribution in [0.3, 0.4) is 0 Å². The van der Waals surface area contributed by atoms with Crippen LogP contribution < -0.4 is 5.32 Å². The smallest absolute Gasteiger partial charge is 0.266 e. The number of nitrogens with one attached hydrogen (secondary N) is 1. The molecule has 4 aliphatic carbocycles. The Bertz CT molecular complexity index is 973. The molecule has 0 aromatic carbocycles. The van der Waals surface area contributed by atoms with E-state index in [1.54, 1.807) is 11.8 Å². The molecule has 5 fully saturated rings. The lowest BCUT2D eigenvalue weighted by Crippen LogP contribution is -2.54. The lowest BCUT2D eigenvalue weighted by molar-refractivity contribution is -0.129. The van der Waals surface area contributed by atoms with Crippen molar-refractivity contribution in [2.24, 2.45) is 46.3 Å². The average Bonchev–Trinajstić information content (AvgIpc) is 3.30. The highest BCUT2D eigenvalue weighted by molar-refractivity contribution is 8.09. The average molecular weight is 542 g/mol. The summed E-state index contributed by atoms with van der Waals surface area (Å²) in [7, 11) is -4.06. The van der Waals surface area contributed by atoms with Gasteiger partial charge in [0.15, 0.2) is 0 Å². The predicted molar refractivity (Wildman–Crippen MR) is 144 cm³/mol. The van der Waals surface area contributed by atoms with Gasteiger partial charge in [0.25, 0.3) is 10.1 Å². The number of rotatable bonds is 7. The fraction of sp³-hybridized carbons (Fsp3) is 0.964. The maximum absolute atomic E-state index is 12.6. The zero-order chi connectivity index (χ0) is 26.1. The lowest BCUT2D eigenvalue weighted by atomic mass is 9.44. The monoisotopic (exact) mass is 541 g/mol. The molecule has 206 valence electrons. The van der Waals surface area contributed by atoms with Crippen LogP contribution >= 0.6 is 11.8 Å². The van der Waals surface area contributed by atoms with Crippen molar-refractivity contribution >= 4 is 27.8 Å². The van der Waals surface area contributed by atoms with E-state index in [4.69, 9.17) is 4.55 Å². The topological polar surface area (TPSA) is 104 Å². The third-order valence-electron chi connectivity index (χ3n) is 11.9. The van der Waals surface area contributed by atoms with E-state index in [1.165, 1.54) is 44.9 Å². The number of hydrogen-bond donors (Lipinski definition) is 3. The molecule has 36 heavy (non-hydrogen) atoms. The van der Waals surface area contributed by atoms with Crippen LogP contribution in [0.1, 0.15) is 91.9 Å². The van der Waals surface area contributed by atoms with E-state index >= 15 is 0 Å². The van der Waals surface area contributed by atoms with Crippen molar-refractivity contribution in [1.29, 1.82) is 0 Å². The van der Waals surface area contributed by atoms with E-state index in [1.807, 2.05) is 0 Å². The molecule has 0 aromatic heterocycles. The van der Waals surface area contributed by atoms with Crippen molar-refractivity contribution in [1.82, 2.24) is 5.32 Å². The predicted octanol–water partition coefficient (Wildman–Crippen LogP) is 4.91. The number of hydrogen-bond acceptors (Lipinski definition) is 5. The maximum atomic E-state index is 12.6. The summed E-state index contributed by atoms with van der Waals surface area (Å²) < 4.78 is 30.7. The zero-order valence-corrected chi connectivity index (χ0v) is 24.2. The first-order valence-corrected chi connectivity index (χ1v) is 16.8. The van der Waals surface area contributed by atoms with E-state index in [0.29, 0.717) is 28.6 Å². The maximum Gasteiger partial charge on any atom is 0.266 e. The summed E-state index contributed by atoms with van der Waals surface area (Å²) in [5.41, 5.74) is 0.808. The summed E-state index contributed by atoms with van der Waals surface area (Å²) in [6.45, 7) is 9.70. The molecule has 11 unspecified atom stereocenters. The fourth-order valence-electron chi connectivity index (χ4n) is 10.1. The van der Waals surface area contributed by atoms with Gasteiger partial charge >= 0.3 is 0 Å². The van der Waals surface area contributed by atoms with Crippen LogP contribution in [0.5, 0.6) is 0 Å². The third-order valence-corrected chi connectivity index (χ3v) is 14.3. The molecule has 5 aliphatic rings. The summed E-state index contributed by atoms with van der Waals surface area (Å²) in [4.78, 5) is 12.6. The zero-order valence-electron chi connectivity index (χ0n) is 22.5. The van der Waals surface area contributed by atoms with E-state index in [9.17, 15) is 18.3 Å². The minimum atomic E-state index is -4.06. The second-order valence-electron chi connectivity index (χ2n) is 13.9. The fourth-order valence-corrected chi connectivity index (χ4v) is 11.7. The van der Waals surface area contributed by atoms with Crippen LogP contribution in [-0.4, -0.2) is 52.4 Å². The van der Waals surface area contributed by atoms with Gasteiger partial charge in [0.2, 0.25) is 5.91 Å². The van der Waals surface area contributed by atoms with Gasteiger partial charge in [0, 0.05) is 11.3 Å². The Balaban J connectivity index is 1.21.